The smallest absolute Gasteiger partial charge is 0.331 e. The van der Waals surface area contributed by atoms with Crippen LogP contribution < -0.4 is 0 Å². The summed E-state index contributed by atoms with van der Waals surface area (Å²) in [5.41, 5.74) is 0.139. The summed E-state index contributed by atoms with van der Waals surface area (Å²) in [6, 6.07) is 1.95. The van der Waals surface area contributed by atoms with Gasteiger partial charge in [-0.25, -0.2) is 4.79 Å². The Kier molecular flexibility index (Phi) is 8.34. The second-order valence-corrected chi connectivity index (χ2v) is 2.79. The van der Waals surface area contributed by atoms with Crippen molar-refractivity contribution in [1.29, 1.82) is 5.26 Å². The van der Waals surface area contributed by atoms with E-state index < -0.39 is 5.97 Å². The van der Waals surface area contributed by atoms with E-state index in [9.17, 15) is 4.79 Å². The monoisotopic (exact) mass is 213 g/mol. The second kappa shape index (κ2) is 9.19. The summed E-state index contributed by atoms with van der Waals surface area (Å²) in [4.78, 5) is 10.3. The van der Waals surface area contributed by atoms with Crippen LogP contribution >= 0.6 is 0 Å². The van der Waals surface area contributed by atoms with Gasteiger partial charge in [-0.2, -0.15) is 5.26 Å². The Labute approximate surface area is 88.9 Å². The summed E-state index contributed by atoms with van der Waals surface area (Å²) in [7, 11) is 0. The number of ether oxygens (including phenoxy) is 2. The van der Waals surface area contributed by atoms with Gasteiger partial charge in [-0.05, 0) is 0 Å². The van der Waals surface area contributed by atoms with Crippen molar-refractivity contribution in [2.45, 2.75) is 12.8 Å². The third-order valence-corrected chi connectivity index (χ3v) is 1.58. The van der Waals surface area contributed by atoms with E-state index in [0.29, 0.717) is 39.3 Å². The fourth-order valence-electron chi connectivity index (χ4n) is 0.742. The molecule has 0 aliphatic rings. The normalized spacial score (nSPS) is 9.53. The lowest BCUT2D eigenvalue weighted by molar-refractivity contribution is -0.132. The minimum Gasteiger partial charge on any atom is -0.478 e. The van der Waals surface area contributed by atoms with Crippen molar-refractivity contribution in [2.75, 3.05) is 26.4 Å². The lowest BCUT2D eigenvalue weighted by Crippen LogP contribution is -2.08. The fraction of sp³-hybridized carbons (Fsp3) is 0.600. The fourth-order valence-corrected chi connectivity index (χ4v) is 0.742. The molecule has 0 saturated heterocycles. The minimum absolute atomic E-state index is 0.139. The third kappa shape index (κ3) is 8.94. The van der Waals surface area contributed by atoms with Gasteiger partial charge in [0.2, 0.25) is 0 Å². The molecule has 0 heterocycles. The van der Waals surface area contributed by atoms with E-state index in [1.165, 1.54) is 0 Å². The van der Waals surface area contributed by atoms with E-state index >= 15 is 0 Å². The molecule has 0 bridgehead atoms. The zero-order chi connectivity index (χ0) is 11.5. The average molecular weight is 213 g/mol. The van der Waals surface area contributed by atoms with E-state index in [1.807, 2.05) is 6.07 Å². The first-order chi connectivity index (χ1) is 7.18. The molecule has 0 atom stereocenters. The Hall–Kier alpha value is -1.38. The molecule has 0 aromatic rings. The van der Waals surface area contributed by atoms with Crippen LogP contribution in [0.5, 0.6) is 0 Å². The van der Waals surface area contributed by atoms with E-state index in [-0.39, 0.29) is 5.57 Å². The number of nitriles is 1. The van der Waals surface area contributed by atoms with Crippen molar-refractivity contribution in [2.24, 2.45) is 0 Å². The van der Waals surface area contributed by atoms with Gasteiger partial charge in [-0.15, -0.1) is 0 Å². The molecule has 84 valence electrons. The van der Waals surface area contributed by atoms with Crippen molar-refractivity contribution < 1.29 is 19.4 Å². The van der Waals surface area contributed by atoms with Gasteiger partial charge in [-0.3, -0.25) is 0 Å². The zero-order valence-corrected chi connectivity index (χ0v) is 8.57. The Morgan fingerprint density at radius 1 is 1.27 bits per heavy atom. The largest absolute Gasteiger partial charge is 0.478 e. The molecule has 0 spiro atoms. The lowest BCUT2D eigenvalue weighted by atomic mass is 10.2. The summed E-state index contributed by atoms with van der Waals surface area (Å²) < 4.78 is 10.1. The third-order valence-electron chi connectivity index (χ3n) is 1.58. The maximum Gasteiger partial charge on any atom is 0.331 e. The number of rotatable bonds is 9. The summed E-state index contributed by atoms with van der Waals surface area (Å²) in [5.74, 6) is -0.996. The number of aliphatic carboxylic acids is 1. The van der Waals surface area contributed by atoms with Crippen LogP contribution in [0.1, 0.15) is 12.8 Å². The average Bonchev–Trinajstić information content (AvgIpc) is 2.21. The summed E-state index contributed by atoms with van der Waals surface area (Å²) in [6.07, 6.45) is 0.684. The summed E-state index contributed by atoms with van der Waals surface area (Å²) >= 11 is 0. The topological polar surface area (TPSA) is 79.5 Å². The molecule has 0 saturated carbocycles. The summed E-state index contributed by atoms with van der Waals surface area (Å²) in [5, 5.41) is 16.7. The molecule has 0 aromatic carbocycles. The van der Waals surface area contributed by atoms with Crippen LogP contribution in [0.25, 0.3) is 0 Å². The highest BCUT2D eigenvalue weighted by atomic mass is 16.5. The predicted octanol–water partition coefficient (Wildman–Crippen LogP) is 0.964. The Morgan fingerprint density at radius 3 is 2.40 bits per heavy atom. The molecule has 0 amide bonds. The van der Waals surface area contributed by atoms with Crippen LogP contribution in [-0.2, 0) is 14.3 Å². The maximum atomic E-state index is 10.3. The molecule has 0 fully saturated rings. The molecule has 0 radical (unpaired) electrons. The van der Waals surface area contributed by atoms with Gasteiger partial charge >= 0.3 is 5.97 Å². The van der Waals surface area contributed by atoms with Gasteiger partial charge in [-0.1, -0.05) is 6.58 Å². The quantitative estimate of drug-likeness (QED) is 0.456. The highest BCUT2D eigenvalue weighted by Crippen LogP contribution is 1.97. The first-order valence-electron chi connectivity index (χ1n) is 4.62. The SMILES string of the molecule is C=C(CCOCCOCCC#N)C(=O)O. The molecule has 1 N–H and O–H groups in total. The molecule has 0 aromatic heterocycles. The first kappa shape index (κ1) is 13.6. The van der Waals surface area contributed by atoms with Gasteiger partial charge in [0.1, 0.15) is 0 Å². The first-order valence-corrected chi connectivity index (χ1v) is 4.62. The van der Waals surface area contributed by atoms with Gasteiger partial charge in [0.25, 0.3) is 0 Å². The van der Waals surface area contributed by atoms with Crippen molar-refractivity contribution >= 4 is 5.97 Å². The van der Waals surface area contributed by atoms with Crippen LogP contribution in [0.15, 0.2) is 12.2 Å². The number of carboxylic acid groups (broad SMARTS) is 1. The Balaban J connectivity index is 3.15. The van der Waals surface area contributed by atoms with Crippen molar-refractivity contribution in [3.8, 4) is 6.07 Å². The van der Waals surface area contributed by atoms with E-state index in [2.05, 4.69) is 6.58 Å². The van der Waals surface area contributed by atoms with Crippen LogP contribution in [0.3, 0.4) is 0 Å². The molecular formula is C10H15NO4. The minimum atomic E-state index is -0.996. The Bertz CT molecular complexity index is 244. The number of hydrogen-bond donors (Lipinski definition) is 1. The van der Waals surface area contributed by atoms with Crippen LogP contribution in [0.2, 0.25) is 0 Å². The van der Waals surface area contributed by atoms with Crippen molar-refractivity contribution in [3.63, 3.8) is 0 Å². The van der Waals surface area contributed by atoms with Gasteiger partial charge in [0.15, 0.2) is 0 Å². The number of hydrogen-bond acceptors (Lipinski definition) is 4. The van der Waals surface area contributed by atoms with E-state index in [0.717, 1.165) is 0 Å². The zero-order valence-electron chi connectivity index (χ0n) is 8.57. The molecule has 0 aliphatic heterocycles. The highest BCUT2D eigenvalue weighted by molar-refractivity contribution is 5.85. The second-order valence-electron chi connectivity index (χ2n) is 2.79. The number of nitrogens with zero attached hydrogens (tertiary/aromatic N) is 1. The molecule has 5 nitrogen and oxygen atoms in total. The van der Waals surface area contributed by atoms with Crippen molar-refractivity contribution in [3.05, 3.63) is 12.2 Å². The molecule has 0 aliphatic carbocycles. The standard InChI is InChI=1S/C10H15NO4/c1-9(10(12)13)3-6-15-8-7-14-5-2-4-11/h1-3,5-8H2,(H,12,13). The van der Waals surface area contributed by atoms with Crippen LogP contribution in [-0.4, -0.2) is 37.5 Å². The molecular weight excluding hydrogens is 198 g/mol. The Morgan fingerprint density at radius 2 is 1.87 bits per heavy atom. The number of carboxylic acids is 1. The number of carbonyl (C=O) groups is 1. The maximum absolute atomic E-state index is 10.3. The molecule has 15 heavy (non-hydrogen) atoms. The van der Waals surface area contributed by atoms with E-state index in [1.54, 1.807) is 0 Å². The van der Waals surface area contributed by atoms with Crippen LogP contribution in [0.4, 0.5) is 0 Å². The highest BCUT2D eigenvalue weighted by Gasteiger charge is 2.02. The van der Waals surface area contributed by atoms with E-state index in [4.69, 9.17) is 19.8 Å². The van der Waals surface area contributed by atoms with Crippen molar-refractivity contribution in [1.82, 2.24) is 0 Å². The molecule has 0 rings (SSSR count). The van der Waals surface area contributed by atoms with Gasteiger partial charge in [0.05, 0.1) is 38.9 Å². The van der Waals surface area contributed by atoms with Crippen LogP contribution in [0, 0.1) is 11.3 Å². The summed E-state index contributed by atoms with van der Waals surface area (Å²) in [6.45, 7) is 4.92. The molecule has 0 unspecified atom stereocenters. The molecule has 5 heteroatoms. The predicted molar refractivity (Wildman–Crippen MR) is 53.3 cm³/mol. The lowest BCUT2D eigenvalue weighted by Gasteiger charge is -2.04. The van der Waals surface area contributed by atoms with Gasteiger partial charge in [0, 0.05) is 12.0 Å². The van der Waals surface area contributed by atoms with Gasteiger partial charge < -0.3 is 14.6 Å².